The standard InChI is InChI=1S/C23H27FN2O/c1-16-6-5-15-25-20(16)23(24)13-11-17(12-14-23)21(27)26-19-9-7-18(8-10-19)22(2,3)4/h5-11,15H,12-14H2,1-4H3,(H,26,27). The number of pyridine rings is 1. The Hall–Kier alpha value is -2.49. The molecule has 1 unspecified atom stereocenters. The van der Waals surface area contributed by atoms with Crippen LogP contribution in [0.1, 0.15) is 56.9 Å². The zero-order valence-electron chi connectivity index (χ0n) is 16.5. The summed E-state index contributed by atoms with van der Waals surface area (Å²) in [6.45, 7) is 8.33. The van der Waals surface area contributed by atoms with Crippen molar-refractivity contribution in [1.82, 2.24) is 4.98 Å². The summed E-state index contributed by atoms with van der Waals surface area (Å²) in [6, 6.07) is 11.6. The van der Waals surface area contributed by atoms with E-state index in [0.717, 1.165) is 11.3 Å². The van der Waals surface area contributed by atoms with Gasteiger partial charge in [-0.25, -0.2) is 4.39 Å². The van der Waals surface area contributed by atoms with Crippen LogP contribution in [0.2, 0.25) is 0 Å². The third-order valence-corrected chi connectivity index (χ3v) is 5.20. The van der Waals surface area contributed by atoms with Gasteiger partial charge in [-0.15, -0.1) is 0 Å². The maximum Gasteiger partial charge on any atom is 0.251 e. The van der Waals surface area contributed by atoms with E-state index >= 15 is 4.39 Å². The Labute approximate surface area is 160 Å². The summed E-state index contributed by atoms with van der Waals surface area (Å²) in [7, 11) is 0. The molecule has 2 aromatic rings. The van der Waals surface area contributed by atoms with E-state index in [1.165, 1.54) is 5.56 Å². The molecule has 1 aliphatic carbocycles. The van der Waals surface area contributed by atoms with Crippen LogP contribution in [0.4, 0.5) is 10.1 Å². The van der Waals surface area contributed by atoms with E-state index in [4.69, 9.17) is 0 Å². The molecule has 0 fully saturated rings. The van der Waals surface area contributed by atoms with Gasteiger partial charge in [-0.3, -0.25) is 9.78 Å². The normalized spacial score (nSPS) is 20.1. The van der Waals surface area contributed by atoms with Gasteiger partial charge in [-0.05, 0) is 54.5 Å². The molecule has 0 bridgehead atoms. The topological polar surface area (TPSA) is 42.0 Å². The summed E-state index contributed by atoms with van der Waals surface area (Å²) in [5.41, 5.74) is 2.51. The van der Waals surface area contributed by atoms with Gasteiger partial charge in [-0.1, -0.05) is 45.0 Å². The average Bonchev–Trinajstić information content (AvgIpc) is 2.62. The number of amides is 1. The zero-order chi connectivity index (χ0) is 19.7. The largest absolute Gasteiger partial charge is 0.322 e. The number of carbonyl (C=O) groups excluding carboxylic acids is 1. The summed E-state index contributed by atoms with van der Waals surface area (Å²) in [4.78, 5) is 16.8. The van der Waals surface area contributed by atoms with Gasteiger partial charge in [0.1, 0.15) is 0 Å². The van der Waals surface area contributed by atoms with Gasteiger partial charge in [0.25, 0.3) is 5.91 Å². The van der Waals surface area contributed by atoms with E-state index < -0.39 is 5.67 Å². The van der Waals surface area contributed by atoms with Gasteiger partial charge in [-0.2, -0.15) is 0 Å². The number of nitrogens with zero attached hydrogens (tertiary/aromatic N) is 1. The Kier molecular flexibility index (Phi) is 5.18. The van der Waals surface area contributed by atoms with E-state index in [1.54, 1.807) is 12.3 Å². The number of hydrogen-bond acceptors (Lipinski definition) is 2. The lowest BCUT2D eigenvalue weighted by Crippen LogP contribution is -2.28. The minimum atomic E-state index is -1.50. The van der Waals surface area contributed by atoms with Crippen LogP contribution in [-0.2, 0) is 15.9 Å². The first-order valence-corrected chi connectivity index (χ1v) is 9.41. The van der Waals surface area contributed by atoms with E-state index in [1.807, 2.05) is 43.3 Å². The van der Waals surface area contributed by atoms with Crippen molar-refractivity contribution in [2.24, 2.45) is 0 Å². The highest BCUT2D eigenvalue weighted by Gasteiger charge is 2.37. The molecule has 142 valence electrons. The number of aromatic nitrogens is 1. The predicted molar refractivity (Wildman–Crippen MR) is 107 cm³/mol. The third-order valence-electron chi connectivity index (χ3n) is 5.20. The Morgan fingerprint density at radius 1 is 1.19 bits per heavy atom. The lowest BCUT2D eigenvalue weighted by Gasteiger charge is -2.29. The number of carbonyl (C=O) groups is 1. The van der Waals surface area contributed by atoms with Gasteiger partial charge in [0.2, 0.25) is 0 Å². The van der Waals surface area contributed by atoms with Crippen molar-refractivity contribution in [2.75, 3.05) is 5.32 Å². The highest BCUT2D eigenvalue weighted by atomic mass is 19.1. The van der Waals surface area contributed by atoms with Gasteiger partial charge in [0.15, 0.2) is 5.67 Å². The summed E-state index contributed by atoms with van der Waals surface area (Å²) in [5.74, 6) is -0.154. The molecule has 0 saturated carbocycles. The number of rotatable bonds is 3. The van der Waals surface area contributed by atoms with Gasteiger partial charge >= 0.3 is 0 Å². The minimum absolute atomic E-state index is 0.0719. The fraction of sp³-hybridized carbons (Fsp3) is 0.391. The summed E-state index contributed by atoms with van der Waals surface area (Å²) >= 11 is 0. The molecular weight excluding hydrogens is 339 g/mol. The maximum atomic E-state index is 15.3. The number of allylic oxidation sites excluding steroid dienone is 1. The molecule has 0 aliphatic heterocycles. The molecule has 1 aromatic carbocycles. The van der Waals surface area contributed by atoms with Crippen LogP contribution in [-0.4, -0.2) is 10.9 Å². The van der Waals surface area contributed by atoms with Crippen molar-refractivity contribution in [2.45, 2.75) is 58.0 Å². The van der Waals surface area contributed by atoms with Crippen molar-refractivity contribution >= 4 is 11.6 Å². The van der Waals surface area contributed by atoms with Crippen molar-refractivity contribution in [3.05, 3.63) is 71.1 Å². The number of aryl methyl sites for hydroxylation is 1. The number of halogens is 1. The number of alkyl halides is 1. The third kappa shape index (κ3) is 4.26. The lowest BCUT2D eigenvalue weighted by atomic mass is 9.82. The number of anilines is 1. The molecule has 1 atom stereocenters. The Morgan fingerprint density at radius 2 is 1.89 bits per heavy atom. The summed E-state index contributed by atoms with van der Waals surface area (Å²) < 4.78 is 15.3. The molecule has 1 heterocycles. The number of hydrogen-bond donors (Lipinski definition) is 1. The quantitative estimate of drug-likeness (QED) is 0.768. The molecule has 0 saturated heterocycles. The molecule has 1 N–H and O–H groups in total. The van der Waals surface area contributed by atoms with Crippen LogP contribution in [0.3, 0.4) is 0 Å². The number of benzene rings is 1. The minimum Gasteiger partial charge on any atom is -0.322 e. The zero-order valence-corrected chi connectivity index (χ0v) is 16.5. The average molecular weight is 366 g/mol. The van der Waals surface area contributed by atoms with Gasteiger partial charge in [0.05, 0.1) is 5.69 Å². The molecule has 0 radical (unpaired) electrons. The first-order chi connectivity index (χ1) is 12.7. The van der Waals surface area contributed by atoms with Crippen molar-refractivity contribution in [1.29, 1.82) is 0 Å². The van der Waals surface area contributed by atoms with E-state index in [9.17, 15) is 4.79 Å². The molecular formula is C23H27FN2O. The van der Waals surface area contributed by atoms with Crippen molar-refractivity contribution in [3.8, 4) is 0 Å². The van der Waals surface area contributed by atoms with Crippen LogP contribution in [0.15, 0.2) is 54.2 Å². The van der Waals surface area contributed by atoms with Gasteiger partial charge in [0, 0.05) is 23.9 Å². The summed E-state index contributed by atoms with van der Waals surface area (Å²) in [6.07, 6.45) is 4.19. The molecule has 27 heavy (non-hydrogen) atoms. The fourth-order valence-corrected chi connectivity index (χ4v) is 3.46. The first-order valence-electron chi connectivity index (χ1n) is 9.41. The smallest absolute Gasteiger partial charge is 0.251 e. The van der Waals surface area contributed by atoms with Gasteiger partial charge < -0.3 is 5.32 Å². The Bertz CT molecular complexity index is 865. The van der Waals surface area contributed by atoms with Crippen LogP contribution < -0.4 is 5.32 Å². The molecule has 1 aromatic heterocycles. The Balaban J connectivity index is 1.69. The fourth-order valence-electron chi connectivity index (χ4n) is 3.46. The first kappa shape index (κ1) is 19.3. The van der Waals surface area contributed by atoms with Crippen LogP contribution in [0, 0.1) is 6.92 Å². The van der Waals surface area contributed by atoms with Crippen LogP contribution >= 0.6 is 0 Å². The van der Waals surface area contributed by atoms with Crippen LogP contribution in [0.5, 0.6) is 0 Å². The molecule has 4 heteroatoms. The molecule has 1 amide bonds. The predicted octanol–water partition coefficient (Wildman–Crippen LogP) is 5.60. The molecule has 1 aliphatic rings. The van der Waals surface area contributed by atoms with Crippen molar-refractivity contribution in [3.63, 3.8) is 0 Å². The second-order valence-electron chi connectivity index (χ2n) is 8.35. The maximum absolute atomic E-state index is 15.3. The summed E-state index contributed by atoms with van der Waals surface area (Å²) in [5, 5.41) is 2.92. The van der Waals surface area contributed by atoms with Crippen molar-refractivity contribution < 1.29 is 9.18 Å². The SMILES string of the molecule is Cc1cccnc1C1(F)CC=C(C(=O)Nc2ccc(C(C)(C)C)cc2)CC1. The van der Waals surface area contributed by atoms with E-state index in [2.05, 4.69) is 31.1 Å². The molecule has 3 nitrogen and oxygen atoms in total. The molecule has 0 spiro atoms. The van der Waals surface area contributed by atoms with E-state index in [0.29, 0.717) is 17.7 Å². The monoisotopic (exact) mass is 366 g/mol. The lowest BCUT2D eigenvalue weighted by molar-refractivity contribution is -0.113. The highest BCUT2D eigenvalue weighted by molar-refractivity contribution is 6.03. The Morgan fingerprint density at radius 3 is 2.44 bits per heavy atom. The second kappa shape index (κ2) is 7.26. The second-order valence-corrected chi connectivity index (χ2v) is 8.35. The van der Waals surface area contributed by atoms with Crippen LogP contribution in [0.25, 0.3) is 0 Å². The highest BCUT2D eigenvalue weighted by Crippen LogP contribution is 2.40. The number of nitrogens with one attached hydrogen (secondary N) is 1. The molecule has 3 rings (SSSR count). The van der Waals surface area contributed by atoms with E-state index in [-0.39, 0.29) is 24.2 Å².